The molecule has 72 valence electrons. The molecule has 1 heterocycles. The normalized spacial score (nSPS) is 30.5. The summed E-state index contributed by atoms with van der Waals surface area (Å²) in [5.41, 5.74) is 0.946. The van der Waals surface area contributed by atoms with E-state index in [4.69, 9.17) is 0 Å². The lowest BCUT2D eigenvalue weighted by molar-refractivity contribution is 0.228. The number of nitrogens with zero attached hydrogens (tertiary/aromatic N) is 3. The smallest absolute Gasteiger partial charge is 0.0917 e. The highest BCUT2D eigenvalue weighted by Gasteiger charge is 2.63. The van der Waals surface area contributed by atoms with Crippen molar-refractivity contribution in [3.8, 4) is 0 Å². The number of aromatic nitrogens is 3. The zero-order valence-corrected chi connectivity index (χ0v) is 8.28. The number of rotatable bonds is 2. The van der Waals surface area contributed by atoms with Crippen LogP contribution in [0.3, 0.4) is 0 Å². The van der Waals surface area contributed by atoms with Gasteiger partial charge in [-0.1, -0.05) is 19.1 Å². The summed E-state index contributed by atoms with van der Waals surface area (Å²) < 4.78 is 1.68. The summed E-state index contributed by atoms with van der Waals surface area (Å²) in [7, 11) is 1.84. The first-order valence-electron chi connectivity index (χ1n) is 4.49. The van der Waals surface area contributed by atoms with Crippen molar-refractivity contribution in [2.75, 3.05) is 6.61 Å². The molecule has 0 saturated heterocycles. The van der Waals surface area contributed by atoms with Gasteiger partial charge in [0.1, 0.15) is 0 Å². The third-order valence-electron chi connectivity index (χ3n) is 3.28. The van der Waals surface area contributed by atoms with Gasteiger partial charge in [-0.2, -0.15) is 0 Å². The van der Waals surface area contributed by atoms with Crippen LogP contribution in [0.25, 0.3) is 0 Å². The molecule has 0 bridgehead atoms. The molecule has 4 nitrogen and oxygen atoms in total. The quantitative estimate of drug-likeness (QED) is 0.721. The molecule has 1 aliphatic carbocycles. The topological polar surface area (TPSA) is 50.9 Å². The molecule has 1 aliphatic rings. The van der Waals surface area contributed by atoms with E-state index in [1.54, 1.807) is 4.68 Å². The highest BCUT2D eigenvalue weighted by atomic mass is 16.3. The van der Waals surface area contributed by atoms with Crippen molar-refractivity contribution in [2.45, 2.75) is 25.7 Å². The maximum absolute atomic E-state index is 9.38. The Kier molecular flexibility index (Phi) is 1.55. The Morgan fingerprint density at radius 1 is 1.62 bits per heavy atom. The Hall–Kier alpha value is -0.900. The molecule has 0 amide bonds. The molecule has 1 unspecified atom stereocenters. The zero-order valence-electron chi connectivity index (χ0n) is 8.28. The van der Waals surface area contributed by atoms with E-state index in [0.717, 1.165) is 12.1 Å². The second kappa shape index (κ2) is 2.32. The molecule has 0 aliphatic heterocycles. The van der Waals surface area contributed by atoms with Gasteiger partial charge in [-0.3, -0.25) is 4.68 Å². The van der Waals surface area contributed by atoms with Gasteiger partial charge in [-0.25, -0.2) is 0 Å². The molecule has 0 radical (unpaired) electrons. The molecular formula is C9H15N3O. The van der Waals surface area contributed by atoms with Crippen LogP contribution in [0.5, 0.6) is 0 Å². The number of hydrogen-bond acceptors (Lipinski definition) is 3. The van der Waals surface area contributed by atoms with Gasteiger partial charge < -0.3 is 5.11 Å². The molecule has 2 rings (SSSR count). The fourth-order valence-corrected chi connectivity index (χ4v) is 2.07. The highest BCUT2D eigenvalue weighted by molar-refractivity contribution is 5.29. The van der Waals surface area contributed by atoms with Crippen LogP contribution in [0.15, 0.2) is 6.20 Å². The molecule has 1 saturated carbocycles. The van der Waals surface area contributed by atoms with Crippen LogP contribution in [0.1, 0.15) is 26.0 Å². The molecule has 1 aromatic heterocycles. The standard InChI is InChI=1S/C9H15N3O/c1-8(2)5-9(8,6-13)7-4-12(3)11-10-7/h4,13H,5-6H2,1-3H3. The first kappa shape index (κ1) is 8.69. The van der Waals surface area contributed by atoms with Crippen LogP contribution in [-0.4, -0.2) is 26.7 Å². The van der Waals surface area contributed by atoms with E-state index in [9.17, 15) is 5.11 Å². The molecule has 1 atom stereocenters. The summed E-state index contributed by atoms with van der Waals surface area (Å²) >= 11 is 0. The van der Waals surface area contributed by atoms with Gasteiger partial charge in [-0.15, -0.1) is 5.10 Å². The van der Waals surface area contributed by atoms with Crippen molar-refractivity contribution in [3.05, 3.63) is 11.9 Å². The van der Waals surface area contributed by atoms with Crippen molar-refractivity contribution >= 4 is 0 Å². The fourth-order valence-electron chi connectivity index (χ4n) is 2.07. The Bertz CT molecular complexity index is 331. The Balaban J connectivity index is 2.35. The van der Waals surface area contributed by atoms with Crippen LogP contribution in [0.4, 0.5) is 0 Å². The molecule has 0 aromatic carbocycles. The van der Waals surface area contributed by atoms with E-state index in [0.29, 0.717) is 0 Å². The van der Waals surface area contributed by atoms with E-state index in [1.165, 1.54) is 0 Å². The zero-order chi connectivity index (χ0) is 9.69. The average Bonchev–Trinajstić information content (AvgIpc) is 2.43. The molecule has 13 heavy (non-hydrogen) atoms. The summed E-state index contributed by atoms with van der Waals surface area (Å²) in [6.07, 6.45) is 2.89. The highest BCUT2D eigenvalue weighted by Crippen LogP contribution is 2.63. The van der Waals surface area contributed by atoms with Crippen LogP contribution >= 0.6 is 0 Å². The summed E-state index contributed by atoms with van der Waals surface area (Å²) in [5.74, 6) is 0. The van der Waals surface area contributed by atoms with Gasteiger partial charge in [0.05, 0.1) is 12.3 Å². The van der Waals surface area contributed by atoms with E-state index in [-0.39, 0.29) is 17.4 Å². The van der Waals surface area contributed by atoms with Crippen molar-refractivity contribution < 1.29 is 5.11 Å². The van der Waals surface area contributed by atoms with Gasteiger partial charge in [0.25, 0.3) is 0 Å². The number of aryl methyl sites for hydroxylation is 1. The predicted octanol–water partition coefficient (Wildman–Crippen LogP) is 0.475. The van der Waals surface area contributed by atoms with E-state index >= 15 is 0 Å². The monoisotopic (exact) mass is 181 g/mol. The minimum Gasteiger partial charge on any atom is -0.395 e. The van der Waals surface area contributed by atoms with Crippen molar-refractivity contribution in [1.29, 1.82) is 0 Å². The molecule has 4 heteroatoms. The summed E-state index contributed by atoms with van der Waals surface area (Å²) in [6, 6.07) is 0. The molecule has 1 aromatic rings. The first-order valence-corrected chi connectivity index (χ1v) is 4.49. The van der Waals surface area contributed by atoms with Crippen molar-refractivity contribution in [1.82, 2.24) is 15.0 Å². The minimum atomic E-state index is -0.138. The second-order valence-electron chi connectivity index (χ2n) is 4.58. The lowest BCUT2D eigenvalue weighted by Gasteiger charge is -2.13. The lowest BCUT2D eigenvalue weighted by Crippen LogP contribution is -2.19. The number of aliphatic hydroxyl groups is 1. The van der Waals surface area contributed by atoms with Crippen LogP contribution in [0, 0.1) is 5.41 Å². The summed E-state index contributed by atoms with van der Waals surface area (Å²) in [4.78, 5) is 0. The molecular weight excluding hydrogens is 166 g/mol. The fraction of sp³-hybridized carbons (Fsp3) is 0.778. The third-order valence-corrected chi connectivity index (χ3v) is 3.28. The van der Waals surface area contributed by atoms with Gasteiger partial charge in [0.2, 0.25) is 0 Å². The first-order chi connectivity index (χ1) is 6.02. The van der Waals surface area contributed by atoms with E-state index in [1.807, 2.05) is 13.2 Å². The summed E-state index contributed by atoms with van der Waals surface area (Å²) in [6.45, 7) is 4.47. The van der Waals surface area contributed by atoms with Gasteiger partial charge in [0, 0.05) is 18.7 Å². The maximum Gasteiger partial charge on any atom is 0.0917 e. The maximum atomic E-state index is 9.38. The van der Waals surface area contributed by atoms with E-state index < -0.39 is 0 Å². The Labute approximate surface area is 77.6 Å². The average molecular weight is 181 g/mol. The van der Waals surface area contributed by atoms with Crippen molar-refractivity contribution in [2.24, 2.45) is 12.5 Å². The van der Waals surface area contributed by atoms with Gasteiger partial charge in [-0.05, 0) is 11.8 Å². The predicted molar refractivity (Wildman–Crippen MR) is 48.2 cm³/mol. The van der Waals surface area contributed by atoms with Crippen molar-refractivity contribution in [3.63, 3.8) is 0 Å². The molecule has 1 fully saturated rings. The Morgan fingerprint density at radius 2 is 2.23 bits per heavy atom. The lowest BCUT2D eigenvalue weighted by atomic mass is 9.94. The third kappa shape index (κ3) is 1.01. The van der Waals surface area contributed by atoms with Gasteiger partial charge in [0.15, 0.2) is 0 Å². The number of hydrogen-bond donors (Lipinski definition) is 1. The summed E-state index contributed by atoms with van der Waals surface area (Å²) in [5, 5.41) is 17.3. The number of aliphatic hydroxyl groups excluding tert-OH is 1. The molecule has 1 N–H and O–H groups in total. The minimum absolute atomic E-state index is 0.138. The largest absolute Gasteiger partial charge is 0.395 e. The van der Waals surface area contributed by atoms with Crippen LogP contribution in [0.2, 0.25) is 0 Å². The van der Waals surface area contributed by atoms with Gasteiger partial charge >= 0.3 is 0 Å². The van der Waals surface area contributed by atoms with Crippen LogP contribution < -0.4 is 0 Å². The SMILES string of the molecule is Cn1cc(C2(CO)CC2(C)C)nn1. The second-order valence-corrected chi connectivity index (χ2v) is 4.58. The molecule has 0 spiro atoms. The van der Waals surface area contributed by atoms with E-state index in [2.05, 4.69) is 24.2 Å². The van der Waals surface area contributed by atoms with Crippen LogP contribution in [-0.2, 0) is 12.5 Å². The Morgan fingerprint density at radius 3 is 2.54 bits per heavy atom.